The van der Waals surface area contributed by atoms with E-state index in [1.54, 1.807) is 0 Å². The van der Waals surface area contributed by atoms with Crippen molar-refractivity contribution >= 4 is 11.6 Å². The van der Waals surface area contributed by atoms with E-state index >= 15 is 0 Å². The molecule has 3 heteroatoms. The first kappa shape index (κ1) is 13.4. The summed E-state index contributed by atoms with van der Waals surface area (Å²) >= 11 is 6.25. The molecule has 0 aromatic heterocycles. The van der Waals surface area contributed by atoms with Gasteiger partial charge >= 0.3 is 0 Å². The fraction of sp³-hybridized carbons (Fsp3) is 0.625. The van der Waals surface area contributed by atoms with Gasteiger partial charge in [-0.1, -0.05) is 29.8 Å². The Balaban J connectivity index is 1.49. The van der Waals surface area contributed by atoms with Gasteiger partial charge in [0.05, 0.1) is 6.10 Å². The molecular weight excluding hydrogens is 258 g/mol. The van der Waals surface area contributed by atoms with Crippen molar-refractivity contribution in [1.82, 2.24) is 5.32 Å². The summed E-state index contributed by atoms with van der Waals surface area (Å²) in [5, 5.41) is 4.70. The van der Waals surface area contributed by atoms with E-state index < -0.39 is 0 Å². The van der Waals surface area contributed by atoms with Gasteiger partial charge in [-0.3, -0.25) is 0 Å². The molecule has 1 aliphatic carbocycles. The van der Waals surface area contributed by atoms with Gasteiger partial charge in [-0.2, -0.15) is 0 Å². The van der Waals surface area contributed by atoms with E-state index in [1.807, 2.05) is 12.1 Å². The lowest BCUT2D eigenvalue weighted by Gasteiger charge is -2.40. The van der Waals surface area contributed by atoms with Crippen LogP contribution in [-0.2, 0) is 4.74 Å². The summed E-state index contributed by atoms with van der Waals surface area (Å²) in [7, 11) is 0. The van der Waals surface area contributed by atoms with Crippen LogP contribution in [0.25, 0.3) is 0 Å². The number of hydrogen-bond acceptors (Lipinski definition) is 2. The van der Waals surface area contributed by atoms with E-state index in [0.717, 1.165) is 24.5 Å². The monoisotopic (exact) mass is 279 g/mol. The van der Waals surface area contributed by atoms with Gasteiger partial charge in [-0.25, -0.2) is 0 Å². The second-order valence-electron chi connectivity index (χ2n) is 5.96. The molecule has 0 radical (unpaired) electrons. The largest absolute Gasteiger partial charge is 0.378 e. The Hall–Kier alpha value is -0.570. The summed E-state index contributed by atoms with van der Waals surface area (Å²) in [6, 6.07) is 9.56. The first-order chi connectivity index (χ1) is 9.22. The van der Waals surface area contributed by atoms with Gasteiger partial charge in [0, 0.05) is 23.7 Å². The molecule has 3 rings (SSSR count). The summed E-state index contributed by atoms with van der Waals surface area (Å²) in [5.74, 6) is 0.642. The standard InChI is InChI=1S/C16H22ClNO/c1-11-8-13(6-7-19-11)18-14-9-12(10-14)15-4-2-3-5-16(15)17/h2-5,11-14,18H,6-10H2,1H3. The Bertz CT molecular complexity index is 431. The highest BCUT2D eigenvalue weighted by Gasteiger charge is 2.33. The number of benzene rings is 1. The lowest BCUT2D eigenvalue weighted by Crippen LogP contribution is -2.48. The zero-order valence-electron chi connectivity index (χ0n) is 11.4. The first-order valence-electron chi connectivity index (χ1n) is 7.34. The summed E-state index contributed by atoms with van der Waals surface area (Å²) < 4.78 is 5.59. The highest BCUT2D eigenvalue weighted by Crippen LogP contribution is 2.40. The van der Waals surface area contributed by atoms with Crippen LogP contribution in [0.2, 0.25) is 5.02 Å². The van der Waals surface area contributed by atoms with E-state index in [2.05, 4.69) is 24.4 Å². The molecule has 1 aromatic carbocycles. The zero-order valence-corrected chi connectivity index (χ0v) is 12.2. The predicted octanol–water partition coefficient (Wildman–Crippen LogP) is 3.74. The molecule has 1 aromatic rings. The molecule has 2 nitrogen and oxygen atoms in total. The van der Waals surface area contributed by atoms with Crippen molar-refractivity contribution in [2.75, 3.05) is 6.61 Å². The van der Waals surface area contributed by atoms with Crippen LogP contribution < -0.4 is 5.32 Å². The summed E-state index contributed by atoms with van der Waals surface area (Å²) in [6.45, 7) is 3.07. The maximum absolute atomic E-state index is 6.25. The summed E-state index contributed by atoms with van der Waals surface area (Å²) in [6.07, 6.45) is 5.14. The predicted molar refractivity (Wildman–Crippen MR) is 78.8 cm³/mol. The second-order valence-corrected chi connectivity index (χ2v) is 6.36. The van der Waals surface area contributed by atoms with Crippen LogP contribution in [0.1, 0.15) is 44.1 Å². The van der Waals surface area contributed by atoms with Crippen LogP contribution in [-0.4, -0.2) is 24.8 Å². The van der Waals surface area contributed by atoms with Crippen molar-refractivity contribution in [3.63, 3.8) is 0 Å². The molecule has 19 heavy (non-hydrogen) atoms. The third-order valence-corrected chi connectivity index (χ3v) is 4.78. The molecule has 0 amide bonds. The molecule has 2 atom stereocenters. The minimum Gasteiger partial charge on any atom is -0.378 e. The van der Waals surface area contributed by atoms with E-state index in [-0.39, 0.29) is 0 Å². The molecule has 2 fully saturated rings. The molecule has 1 saturated carbocycles. The Labute approximate surface area is 120 Å². The van der Waals surface area contributed by atoms with Crippen LogP contribution in [0.4, 0.5) is 0 Å². The van der Waals surface area contributed by atoms with Crippen LogP contribution in [0, 0.1) is 0 Å². The molecule has 104 valence electrons. The van der Waals surface area contributed by atoms with Crippen molar-refractivity contribution in [2.45, 2.75) is 56.7 Å². The minimum atomic E-state index is 0.408. The SMILES string of the molecule is CC1CC(NC2CC(c3ccccc3Cl)C2)CCO1. The minimum absolute atomic E-state index is 0.408. The van der Waals surface area contributed by atoms with Crippen molar-refractivity contribution in [3.05, 3.63) is 34.9 Å². The van der Waals surface area contributed by atoms with Crippen molar-refractivity contribution in [2.24, 2.45) is 0 Å². The number of halogens is 1. The molecule has 1 N–H and O–H groups in total. The smallest absolute Gasteiger partial charge is 0.0561 e. The Morgan fingerprint density at radius 2 is 1.95 bits per heavy atom. The van der Waals surface area contributed by atoms with E-state index in [9.17, 15) is 0 Å². The fourth-order valence-electron chi connectivity index (χ4n) is 3.30. The molecule has 1 heterocycles. The van der Waals surface area contributed by atoms with E-state index in [1.165, 1.54) is 18.4 Å². The normalized spacial score (nSPS) is 34.8. The maximum atomic E-state index is 6.25. The van der Waals surface area contributed by atoms with Gasteiger partial charge in [-0.05, 0) is 50.2 Å². The lowest BCUT2D eigenvalue weighted by molar-refractivity contribution is 0.00851. The van der Waals surface area contributed by atoms with Gasteiger partial charge in [0.1, 0.15) is 0 Å². The average molecular weight is 280 g/mol. The first-order valence-corrected chi connectivity index (χ1v) is 7.72. The second kappa shape index (κ2) is 5.82. The number of rotatable bonds is 3. The Morgan fingerprint density at radius 1 is 1.16 bits per heavy atom. The average Bonchev–Trinajstić information content (AvgIpc) is 2.35. The van der Waals surface area contributed by atoms with Gasteiger partial charge in [0.15, 0.2) is 0 Å². The third-order valence-electron chi connectivity index (χ3n) is 4.44. The quantitative estimate of drug-likeness (QED) is 0.910. The topological polar surface area (TPSA) is 21.3 Å². The molecule has 1 aliphatic heterocycles. The summed E-state index contributed by atoms with van der Waals surface area (Å²) in [5.41, 5.74) is 1.32. The van der Waals surface area contributed by atoms with Gasteiger partial charge in [-0.15, -0.1) is 0 Å². The number of ether oxygens (including phenoxy) is 1. The Kier molecular flexibility index (Phi) is 4.11. The fourth-order valence-corrected chi connectivity index (χ4v) is 3.59. The zero-order chi connectivity index (χ0) is 13.2. The molecular formula is C16H22ClNO. The van der Waals surface area contributed by atoms with E-state index in [0.29, 0.717) is 24.1 Å². The molecule has 1 saturated heterocycles. The number of nitrogens with one attached hydrogen (secondary N) is 1. The lowest BCUT2D eigenvalue weighted by atomic mass is 9.75. The third kappa shape index (κ3) is 3.13. The molecule has 0 spiro atoms. The van der Waals surface area contributed by atoms with E-state index in [4.69, 9.17) is 16.3 Å². The van der Waals surface area contributed by atoms with Crippen molar-refractivity contribution in [1.29, 1.82) is 0 Å². The summed E-state index contributed by atoms with van der Waals surface area (Å²) in [4.78, 5) is 0. The molecule has 0 bridgehead atoms. The van der Waals surface area contributed by atoms with Crippen molar-refractivity contribution in [3.8, 4) is 0 Å². The highest BCUT2D eigenvalue weighted by atomic mass is 35.5. The Morgan fingerprint density at radius 3 is 2.68 bits per heavy atom. The molecule has 2 unspecified atom stereocenters. The molecule has 2 aliphatic rings. The number of hydrogen-bond donors (Lipinski definition) is 1. The van der Waals surface area contributed by atoms with Crippen LogP contribution in [0.5, 0.6) is 0 Å². The van der Waals surface area contributed by atoms with Gasteiger partial charge < -0.3 is 10.1 Å². The maximum Gasteiger partial charge on any atom is 0.0561 e. The van der Waals surface area contributed by atoms with Crippen molar-refractivity contribution < 1.29 is 4.74 Å². The van der Waals surface area contributed by atoms with Crippen LogP contribution in [0.3, 0.4) is 0 Å². The van der Waals surface area contributed by atoms with Crippen LogP contribution in [0.15, 0.2) is 24.3 Å². The van der Waals surface area contributed by atoms with Gasteiger partial charge in [0.25, 0.3) is 0 Å². The van der Waals surface area contributed by atoms with Crippen LogP contribution >= 0.6 is 11.6 Å². The highest BCUT2D eigenvalue weighted by molar-refractivity contribution is 6.31. The van der Waals surface area contributed by atoms with Gasteiger partial charge in [0.2, 0.25) is 0 Å².